The number of unbranched alkanes of at least 4 members (excludes halogenated alkanes) is 3. The number of nitrogens with zero attached hydrogens (tertiary/aromatic N) is 1. The van der Waals surface area contributed by atoms with E-state index < -0.39 is 24.2 Å². The number of ether oxygens (including phenoxy) is 2. The molecule has 0 spiro atoms. The molecule has 1 fully saturated rings. The number of hydrogen-bond donors (Lipinski definition) is 1. The highest BCUT2D eigenvalue weighted by molar-refractivity contribution is 5.95. The molecule has 1 saturated heterocycles. The third kappa shape index (κ3) is 6.10. The third-order valence-corrected chi connectivity index (χ3v) is 4.04. The predicted molar refractivity (Wildman–Crippen MR) is 90.8 cm³/mol. The van der Waals surface area contributed by atoms with Crippen LogP contribution in [0.1, 0.15) is 38.2 Å². The summed E-state index contributed by atoms with van der Waals surface area (Å²) in [6, 6.07) is 9.02. The van der Waals surface area contributed by atoms with Crippen LogP contribution >= 0.6 is 0 Å². The van der Waals surface area contributed by atoms with Crippen LogP contribution < -0.4 is 5.32 Å². The second kappa shape index (κ2) is 9.66. The molecular formula is C18H24N2O5. The van der Waals surface area contributed by atoms with E-state index in [4.69, 9.17) is 4.74 Å². The number of benzene rings is 1. The van der Waals surface area contributed by atoms with Crippen molar-refractivity contribution in [3.05, 3.63) is 35.9 Å². The van der Waals surface area contributed by atoms with Gasteiger partial charge in [-0.25, -0.2) is 14.4 Å². The van der Waals surface area contributed by atoms with E-state index in [1.807, 2.05) is 30.3 Å². The van der Waals surface area contributed by atoms with E-state index in [1.54, 1.807) is 6.92 Å². The van der Waals surface area contributed by atoms with Gasteiger partial charge in [0, 0.05) is 13.1 Å². The summed E-state index contributed by atoms with van der Waals surface area (Å²) in [6.45, 7) is 2.99. The summed E-state index contributed by atoms with van der Waals surface area (Å²) in [4.78, 5) is 35.7. The Hall–Kier alpha value is -2.57. The molecule has 0 bridgehead atoms. The van der Waals surface area contributed by atoms with Gasteiger partial charge in [-0.1, -0.05) is 43.2 Å². The number of nitrogens with one attached hydrogen (secondary N) is 1. The molecule has 0 saturated carbocycles. The molecule has 1 aliphatic rings. The molecule has 0 aromatic heterocycles. The van der Waals surface area contributed by atoms with Crippen molar-refractivity contribution in [1.82, 2.24) is 10.2 Å². The second-order valence-corrected chi connectivity index (χ2v) is 5.96. The lowest BCUT2D eigenvalue weighted by atomic mass is 10.2. The predicted octanol–water partition coefficient (Wildman–Crippen LogP) is 2.84. The zero-order valence-electron chi connectivity index (χ0n) is 14.4. The molecule has 0 radical (unpaired) electrons. The molecule has 2 amide bonds. The maximum absolute atomic E-state index is 11.6. The van der Waals surface area contributed by atoms with E-state index in [1.165, 1.54) is 4.90 Å². The van der Waals surface area contributed by atoms with Gasteiger partial charge in [0.2, 0.25) is 0 Å². The highest BCUT2D eigenvalue weighted by Gasteiger charge is 2.36. The molecule has 1 atom stereocenters. The molecule has 2 rings (SSSR count). The maximum Gasteiger partial charge on any atom is 0.418 e. The van der Waals surface area contributed by atoms with E-state index in [-0.39, 0.29) is 6.61 Å². The molecular weight excluding hydrogens is 324 g/mol. The van der Waals surface area contributed by atoms with Crippen LogP contribution in [0.3, 0.4) is 0 Å². The largest absolute Gasteiger partial charge is 0.445 e. The molecule has 1 aliphatic heterocycles. The summed E-state index contributed by atoms with van der Waals surface area (Å²) in [6.07, 6.45) is 2.48. The molecule has 0 aliphatic carbocycles. The van der Waals surface area contributed by atoms with Gasteiger partial charge in [-0.2, -0.15) is 0 Å². The summed E-state index contributed by atoms with van der Waals surface area (Å²) >= 11 is 0. The van der Waals surface area contributed by atoms with E-state index in [0.717, 1.165) is 31.2 Å². The fraction of sp³-hybridized carbons (Fsp3) is 0.500. The van der Waals surface area contributed by atoms with Crippen molar-refractivity contribution >= 4 is 18.2 Å². The zero-order valence-corrected chi connectivity index (χ0v) is 14.4. The number of cyclic esters (lactones) is 2. The van der Waals surface area contributed by atoms with Crippen LogP contribution in [0.2, 0.25) is 0 Å². The Bertz CT molecular complexity index is 590. The Balaban J connectivity index is 1.47. The molecule has 1 N–H and O–H groups in total. The number of esters is 1. The summed E-state index contributed by atoms with van der Waals surface area (Å²) in [5.41, 5.74) is 0.950. The molecule has 1 aromatic carbocycles. The number of carbonyl (C=O) groups excluding carboxylic acids is 3. The highest BCUT2D eigenvalue weighted by Crippen LogP contribution is 2.14. The summed E-state index contributed by atoms with van der Waals surface area (Å²) in [5, 5.41) is 2.71. The summed E-state index contributed by atoms with van der Waals surface area (Å²) < 4.78 is 9.67. The van der Waals surface area contributed by atoms with E-state index >= 15 is 0 Å². The smallest absolute Gasteiger partial charge is 0.418 e. The first-order valence-corrected chi connectivity index (χ1v) is 8.55. The van der Waals surface area contributed by atoms with Crippen molar-refractivity contribution in [2.75, 3.05) is 13.1 Å². The molecule has 25 heavy (non-hydrogen) atoms. The van der Waals surface area contributed by atoms with E-state index in [2.05, 4.69) is 10.1 Å². The molecule has 7 nitrogen and oxygen atoms in total. The quantitative estimate of drug-likeness (QED) is 0.421. The third-order valence-electron chi connectivity index (χ3n) is 4.04. The molecule has 7 heteroatoms. The first-order chi connectivity index (χ1) is 12.1. The minimum absolute atomic E-state index is 0.259. The first kappa shape index (κ1) is 18.8. The number of amides is 2. The number of carbonyl (C=O) groups is 3. The van der Waals surface area contributed by atoms with Gasteiger partial charge in [0.05, 0.1) is 0 Å². The maximum atomic E-state index is 11.6. The molecule has 1 unspecified atom stereocenters. The average Bonchev–Trinajstić information content (AvgIpc) is 2.85. The minimum atomic E-state index is -0.555. The van der Waals surface area contributed by atoms with Crippen molar-refractivity contribution in [2.24, 2.45) is 0 Å². The Labute approximate surface area is 147 Å². The van der Waals surface area contributed by atoms with Gasteiger partial charge in [-0.05, 0) is 25.3 Å². The average molecular weight is 348 g/mol. The SMILES string of the molecule is CC1C(=O)OC(=O)N1CCCCCCNC(=O)OCc1ccccc1. The Morgan fingerprint density at radius 3 is 2.56 bits per heavy atom. The van der Waals surface area contributed by atoms with Crippen LogP contribution in [0.25, 0.3) is 0 Å². The summed E-state index contributed by atoms with van der Waals surface area (Å²) in [5.74, 6) is -0.483. The number of rotatable bonds is 9. The van der Waals surface area contributed by atoms with Crippen molar-refractivity contribution < 1.29 is 23.9 Å². The van der Waals surface area contributed by atoms with Crippen LogP contribution in [0.4, 0.5) is 9.59 Å². The number of alkyl carbamates (subject to hydrolysis) is 1. The molecule has 136 valence electrons. The van der Waals surface area contributed by atoms with Crippen molar-refractivity contribution in [2.45, 2.75) is 45.3 Å². The fourth-order valence-electron chi connectivity index (χ4n) is 2.53. The van der Waals surface area contributed by atoms with Crippen molar-refractivity contribution in [3.8, 4) is 0 Å². The van der Waals surface area contributed by atoms with Crippen LogP contribution in [0.15, 0.2) is 30.3 Å². The molecule has 1 heterocycles. The highest BCUT2D eigenvalue weighted by atomic mass is 16.6. The van der Waals surface area contributed by atoms with Crippen LogP contribution in [-0.4, -0.2) is 42.2 Å². The van der Waals surface area contributed by atoms with Gasteiger partial charge in [-0.15, -0.1) is 0 Å². The van der Waals surface area contributed by atoms with Crippen molar-refractivity contribution in [1.29, 1.82) is 0 Å². The van der Waals surface area contributed by atoms with Gasteiger partial charge in [0.1, 0.15) is 12.6 Å². The van der Waals surface area contributed by atoms with Crippen molar-refractivity contribution in [3.63, 3.8) is 0 Å². The van der Waals surface area contributed by atoms with E-state index in [9.17, 15) is 14.4 Å². The standard InChI is InChI=1S/C18H24N2O5/c1-14-16(21)25-18(23)20(14)12-8-3-2-7-11-19-17(22)24-13-15-9-5-4-6-10-15/h4-6,9-10,14H,2-3,7-8,11-13H2,1H3,(H,19,22). The lowest BCUT2D eigenvalue weighted by molar-refractivity contribution is -0.135. The topological polar surface area (TPSA) is 84.9 Å². The Morgan fingerprint density at radius 2 is 1.88 bits per heavy atom. The van der Waals surface area contributed by atoms with Gasteiger partial charge >= 0.3 is 18.2 Å². The Morgan fingerprint density at radius 1 is 1.16 bits per heavy atom. The molecule has 1 aromatic rings. The first-order valence-electron chi connectivity index (χ1n) is 8.55. The summed E-state index contributed by atoms with van der Waals surface area (Å²) in [7, 11) is 0. The number of hydrogen-bond acceptors (Lipinski definition) is 5. The van der Waals surface area contributed by atoms with Gasteiger partial charge in [0.25, 0.3) is 0 Å². The van der Waals surface area contributed by atoms with Crippen LogP contribution in [-0.2, 0) is 20.9 Å². The van der Waals surface area contributed by atoms with Crippen LogP contribution in [0, 0.1) is 0 Å². The van der Waals surface area contributed by atoms with Gasteiger partial charge in [-0.3, -0.25) is 4.90 Å². The lowest BCUT2D eigenvalue weighted by Gasteiger charge is -2.16. The Kier molecular flexibility index (Phi) is 7.25. The van der Waals surface area contributed by atoms with E-state index in [0.29, 0.717) is 13.1 Å². The van der Waals surface area contributed by atoms with Gasteiger partial charge in [0.15, 0.2) is 0 Å². The fourth-order valence-corrected chi connectivity index (χ4v) is 2.53. The lowest BCUT2D eigenvalue weighted by Crippen LogP contribution is -2.33. The zero-order chi connectivity index (χ0) is 18.1. The monoisotopic (exact) mass is 348 g/mol. The van der Waals surface area contributed by atoms with Crippen LogP contribution in [0.5, 0.6) is 0 Å². The minimum Gasteiger partial charge on any atom is -0.445 e. The second-order valence-electron chi connectivity index (χ2n) is 5.96. The normalized spacial score (nSPS) is 16.7. The van der Waals surface area contributed by atoms with Gasteiger partial charge < -0.3 is 14.8 Å².